The van der Waals surface area contributed by atoms with Crippen LogP contribution in [0.2, 0.25) is 0 Å². The van der Waals surface area contributed by atoms with Crippen molar-refractivity contribution in [2.24, 2.45) is 0 Å². The molecule has 5 rings (SSSR count). The minimum Gasteiger partial charge on any atom is -0.382 e. The van der Waals surface area contributed by atoms with Crippen LogP contribution in [0.5, 0.6) is 0 Å². The zero-order chi connectivity index (χ0) is 23.0. The number of fused-ring (bicyclic) bond motifs is 1. The van der Waals surface area contributed by atoms with E-state index in [1.165, 1.54) is 24.5 Å². The Kier molecular flexibility index (Phi) is 5.39. The molecule has 33 heavy (non-hydrogen) atoms. The van der Waals surface area contributed by atoms with Gasteiger partial charge in [0.25, 0.3) is 0 Å². The maximum Gasteiger partial charge on any atom is 0.241 e. The van der Waals surface area contributed by atoms with Crippen molar-refractivity contribution in [2.75, 3.05) is 5.73 Å². The summed E-state index contributed by atoms with van der Waals surface area (Å²) in [5, 5.41) is 0. The van der Waals surface area contributed by atoms with Crippen LogP contribution in [-0.4, -0.2) is 18.4 Å². The van der Waals surface area contributed by atoms with Crippen molar-refractivity contribution in [1.29, 1.82) is 0 Å². The summed E-state index contributed by atoms with van der Waals surface area (Å²) in [5.74, 6) is -0.288. The van der Waals surface area contributed by atoms with E-state index in [-0.39, 0.29) is 22.3 Å². The van der Waals surface area contributed by atoms with Crippen molar-refractivity contribution in [3.8, 4) is 22.4 Å². The zero-order valence-electron chi connectivity index (χ0n) is 17.6. The van der Waals surface area contributed by atoms with Crippen molar-refractivity contribution >= 4 is 15.8 Å². The van der Waals surface area contributed by atoms with Gasteiger partial charge < -0.3 is 5.73 Å². The smallest absolute Gasteiger partial charge is 0.241 e. The highest BCUT2D eigenvalue weighted by Gasteiger charge is 2.28. The van der Waals surface area contributed by atoms with Crippen LogP contribution in [0.1, 0.15) is 23.6 Å². The fourth-order valence-corrected chi connectivity index (χ4v) is 5.72. The van der Waals surface area contributed by atoms with Crippen LogP contribution in [0.15, 0.2) is 84.0 Å². The number of aryl methyl sites for hydroxylation is 1. The molecule has 1 aliphatic carbocycles. The second kappa shape index (κ2) is 8.38. The number of rotatable bonds is 5. The lowest BCUT2D eigenvalue weighted by atomic mass is 10.0. The average Bonchev–Trinajstić information content (AvgIpc) is 3.22. The molecule has 0 bridgehead atoms. The van der Waals surface area contributed by atoms with Gasteiger partial charge in [0.15, 0.2) is 0 Å². The first-order chi connectivity index (χ1) is 15.9. The van der Waals surface area contributed by atoms with Gasteiger partial charge in [-0.15, -0.1) is 0 Å². The van der Waals surface area contributed by atoms with Gasteiger partial charge in [-0.3, -0.25) is 4.98 Å². The number of anilines is 1. The lowest BCUT2D eigenvalue weighted by Gasteiger charge is -2.17. The molecular formula is C25H21FN4O2S. The van der Waals surface area contributed by atoms with Gasteiger partial charge in [0.05, 0.1) is 23.0 Å². The van der Waals surface area contributed by atoms with Crippen LogP contribution in [0, 0.1) is 5.82 Å². The van der Waals surface area contributed by atoms with E-state index < -0.39 is 15.8 Å². The van der Waals surface area contributed by atoms with Crippen molar-refractivity contribution in [1.82, 2.24) is 14.7 Å². The molecular weight excluding hydrogens is 439 g/mol. The minimum absolute atomic E-state index is 0.105. The quantitative estimate of drug-likeness (QED) is 0.457. The van der Waals surface area contributed by atoms with E-state index in [2.05, 4.69) is 14.7 Å². The zero-order valence-corrected chi connectivity index (χ0v) is 18.4. The number of nitrogens with two attached hydrogens (primary N) is 1. The van der Waals surface area contributed by atoms with Crippen LogP contribution in [0.4, 0.5) is 10.2 Å². The van der Waals surface area contributed by atoms with E-state index in [4.69, 9.17) is 5.73 Å². The van der Waals surface area contributed by atoms with Crippen LogP contribution in [0.3, 0.4) is 0 Å². The van der Waals surface area contributed by atoms with E-state index in [9.17, 15) is 12.8 Å². The molecule has 0 fully saturated rings. The number of halogens is 1. The molecule has 3 N–H and O–H groups in total. The van der Waals surface area contributed by atoms with Gasteiger partial charge in [-0.05, 0) is 47.7 Å². The standard InChI is InChI=1S/C25H21FN4O2S/c26-21-13-17(9-11-20(21)23-14-29-25(27)15-28-23)19-7-3-4-8-24(19)33(31,32)30-22-12-10-16-5-1-2-6-18(16)22/h1-9,11,13-15,22,30H,10,12H2,(H2,27,29). The van der Waals surface area contributed by atoms with Crippen molar-refractivity contribution in [2.45, 2.75) is 23.8 Å². The van der Waals surface area contributed by atoms with Crippen molar-refractivity contribution in [3.05, 3.63) is 96.1 Å². The number of aromatic nitrogens is 2. The Morgan fingerprint density at radius 2 is 1.73 bits per heavy atom. The van der Waals surface area contributed by atoms with Gasteiger partial charge in [-0.25, -0.2) is 22.5 Å². The highest BCUT2D eigenvalue weighted by molar-refractivity contribution is 7.89. The lowest BCUT2D eigenvalue weighted by Crippen LogP contribution is -2.27. The fraction of sp³-hybridized carbons (Fsp3) is 0.120. The van der Waals surface area contributed by atoms with Crippen molar-refractivity contribution in [3.63, 3.8) is 0 Å². The number of benzene rings is 3. The van der Waals surface area contributed by atoms with Crippen molar-refractivity contribution < 1.29 is 12.8 Å². The SMILES string of the molecule is Nc1cnc(-c2ccc(-c3ccccc3S(=O)(=O)NC3CCc4ccccc43)cc2F)cn1. The third-order valence-electron chi connectivity index (χ3n) is 5.83. The molecule has 8 heteroatoms. The van der Waals surface area contributed by atoms with Gasteiger partial charge in [0, 0.05) is 17.2 Å². The maximum atomic E-state index is 15.0. The van der Waals surface area contributed by atoms with Crippen LogP contribution in [-0.2, 0) is 16.4 Å². The van der Waals surface area contributed by atoms with E-state index in [1.54, 1.807) is 30.3 Å². The van der Waals surface area contributed by atoms with Gasteiger partial charge in [0.2, 0.25) is 10.0 Å². The topological polar surface area (TPSA) is 98.0 Å². The monoisotopic (exact) mass is 460 g/mol. The number of sulfonamides is 1. The lowest BCUT2D eigenvalue weighted by molar-refractivity contribution is 0.554. The van der Waals surface area contributed by atoms with Gasteiger partial charge >= 0.3 is 0 Å². The molecule has 1 aromatic heterocycles. The molecule has 0 aliphatic heterocycles. The molecule has 1 atom stereocenters. The predicted molar refractivity (Wildman–Crippen MR) is 125 cm³/mol. The molecule has 0 spiro atoms. The van der Waals surface area contributed by atoms with E-state index in [1.807, 2.05) is 24.3 Å². The maximum absolute atomic E-state index is 15.0. The molecule has 4 aromatic rings. The molecule has 3 aromatic carbocycles. The Bertz CT molecular complexity index is 1440. The summed E-state index contributed by atoms with van der Waals surface area (Å²) >= 11 is 0. The van der Waals surface area contributed by atoms with E-state index in [0.29, 0.717) is 23.2 Å². The predicted octanol–water partition coefficient (Wildman–Crippen LogP) is 4.50. The summed E-state index contributed by atoms with van der Waals surface area (Å²) in [7, 11) is -3.85. The molecule has 1 aliphatic rings. The Balaban J connectivity index is 1.49. The third kappa shape index (κ3) is 4.10. The Labute approximate surface area is 191 Å². The average molecular weight is 461 g/mol. The molecule has 166 valence electrons. The summed E-state index contributed by atoms with van der Waals surface area (Å²) in [5.41, 5.74) is 9.18. The summed E-state index contributed by atoms with van der Waals surface area (Å²) in [4.78, 5) is 8.17. The number of nitrogens with one attached hydrogen (secondary N) is 1. The summed E-state index contributed by atoms with van der Waals surface area (Å²) in [6, 6.07) is 18.7. The van der Waals surface area contributed by atoms with Crippen LogP contribution in [0.25, 0.3) is 22.4 Å². The summed E-state index contributed by atoms with van der Waals surface area (Å²) in [6.45, 7) is 0. The third-order valence-corrected chi connectivity index (χ3v) is 7.36. The normalized spacial score (nSPS) is 15.4. The summed E-state index contributed by atoms with van der Waals surface area (Å²) < 4.78 is 44.5. The van der Waals surface area contributed by atoms with Crippen LogP contribution >= 0.6 is 0 Å². The Hall–Kier alpha value is -3.62. The number of hydrogen-bond acceptors (Lipinski definition) is 5. The minimum atomic E-state index is -3.85. The second-order valence-corrected chi connectivity index (χ2v) is 9.61. The molecule has 0 amide bonds. The fourth-order valence-electron chi connectivity index (χ4n) is 4.24. The number of nitrogen functional groups attached to an aromatic ring is 1. The largest absolute Gasteiger partial charge is 0.382 e. The Morgan fingerprint density at radius 3 is 2.52 bits per heavy atom. The molecule has 1 heterocycles. The highest BCUT2D eigenvalue weighted by atomic mass is 32.2. The van der Waals surface area contributed by atoms with E-state index in [0.717, 1.165) is 17.5 Å². The second-order valence-electron chi connectivity index (χ2n) is 7.93. The molecule has 0 saturated carbocycles. The van der Waals surface area contributed by atoms with Gasteiger partial charge in [0.1, 0.15) is 11.6 Å². The molecule has 1 unspecified atom stereocenters. The highest BCUT2D eigenvalue weighted by Crippen LogP contribution is 2.35. The van der Waals surface area contributed by atoms with Gasteiger partial charge in [-0.1, -0.05) is 48.5 Å². The number of nitrogens with zero attached hydrogens (tertiary/aromatic N) is 2. The Morgan fingerprint density at radius 1 is 0.939 bits per heavy atom. The number of hydrogen-bond donors (Lipinski definition) is 2. The molecule has 6 nitrogen and oxygen atoms in total. The summed E-state index contributed by atoms with van der Waals surface area (Å²) in [6.07, 6.45) is 4.28. The van der Waals surface area contributed by atoms with Gasteiger partial charge in [-0.2, -0.15) is 0 Å². The molecule has 0 radical (unpaired) electrons. The first kappa shape index (κ1) is 21.2. The van der Waals surface area contributed by atoms with Crippen LogP contribution < -0.4 is 10.5 Å². The van der Waals surface area contributed by atoms with E-state index >= 15 is 0 Å². The molecule has 0 saturated heterocycles. The first-order valence-corrected chi connectivity index (χ1v) is 12.0. The first-order valence-electron chi connectivity index (χ1n) is 10.5.